The molecule has 26 heavy (non-hydrogen) atoms. The summed E-state index contributed by atoms with van der Waals surface area (Å²) in [6.45, 7) is 1.56. The fourth-order valence-corrected chi connectivity index (χ4v) is 2.35. The number of benzene rings is 2. The predicted octanol–water partition coefficient (Wildman–Crippen LogP) is 3.31. The lowest BCUT2D eigenvalue weighted by molar-refractivity contribution is -0.118. The van der Waals surface area contributed by atoms with Crippen molar-refractivity contribution in [2.24, 2.45) is 0 Å². The first-order chi connectivity index (χ1) is 12.4. The molecule has 0 atom stereocenters. The summed E-state index contributed by atoms with van der Waals surface area (Å²) in [6, 6.07) is 11.2. The molecular formula is C19H19ClN2O4. The Kier molecular flexibility index (Phi) is 6.74. The molecule has 0 bridgehead atoms. The van der Waals surface area contributed by atoms with Gasteiger partial charge in [0.15, 0.2) is 12.4 Å². The van der Waals surface area contributed by atoms with Crippen LogP contribution < -0.4 is 15.4 Å². The Labute approximate surface area is 156 Å². The van der Waals surface area contributed by atoms with Gasteiger partial charge in [-0.2, -0.15) is 0 Å². The van der Waals surface area contributed by atoms with Crippen LogP contribution >= 0.6 is 11.6 Å². The lowest BCUT2D eigenvalue weighted by atomic mass is 10.1. The zero-order valence-corrected chi connectivity index (χ0v) is 15.2. The van der Waals surface area contributed by atoms with Crippen LogP contribution in [0.15, 0.2) is 42.5 Å². The van der Waals surface area contributed by atoms with Gasteiger partial charge in [0.2, 0.25) is 0 Å². The van der Waals surface area contributed by atoms with E-state index < -0.39 is 5.91 Å². The minimum Gasteiger partial charge on any atom is -0.484 e. The van der Waals surface area contributed by atoms with Gasteiger partial charge in [0.25, 0.3) is 11.8 Å². The Hall–Kier alpha value is -2.86. The summed E-state index contributed by atoms with van der Waals surface area (Å²) in [6.07, 6.45) is 0.429. The molecule has 0 aliphatic rings. The van der Waals surface area contributed by atoms with Gasteiger partial charge in [-0.15, -0.1) is 0 Å². The van der Waals surface area contributed by atoms with Crippen LogP contribution in [0, 0.1) is 0 Å². The summed E-state index contributed by atoms with van der Waals surface area (Å²) < 4.78 is 5.40. The maximum Gasteiger partial charge on any atom is 0.262 e. The number of anilines is 1. The van der Waals surface area contributed by atoms with Gasteiger partial charge >= 0.3 is 0 Å². The summed E-state index contributed by atoms with van der Waals surface area (Å²) in [5.74, 6) is -0.192. The zero-order chi connectivity index (χ0) is 19.1. The van der Waals surface area contributed by atoms with Crippen molar-refractivity contribution in [1.82, 2.24) is 5.32 Å². The molecule has 0 unspecified atom stereocenters. The molecule has 2 amide bonds. The molecule has 0 saturated carbocycles. The summed E-state index contributed by atoms with van der Waals surface area (Å²) in [5.41, 5.74) is 1.30. The van der Waals surface area contributed by atoms with Crippen molar-refractivity contribution in [3.63, 3.8) is 0 Å². The molecule has 0 saturated heterocycles. The van der Waals surface area contributed by atoms with Gasteiger partial charge in [-0.3, -0.25) is 14.4 Å². The number of hydrogen-bond donors (Lipinski definition) is 2. The van der Waals surface area contributed by atoms with E-state index in [1.807, 2.05) is 0 Å². The summed E-state index contributed by atoms with van der Waals surface area (Å²) >= 11 is 6.05. The molecule has 136 valence electrons. The SMILES string of the molecule is CCC(=O)c1ccc(OCC(=O)Nc2cc(C(=O)NC)ccc2Cl)cc1. The smallest absolute Gasteiger partial charge is 0.262 e. The second-order valence-electron chi connectivity index (χ2n) is 5.41. The van der Waals surface area contributed by atoms with E-state index in [9.17, 15) is 14.4 Å². The highest BCUT2D eigenvalue weighted by Crippen LogP contribution is 2.23. The predicted molar refractivity (Wildman–Crippen MR) is 100 cm³/mol. The first-order valence-electron chi connectivity index (χ1n) is 8.02. The first kappa shape index (κ1) is 19.5. The molecule has 6 nitrogen and oxygen atoms in total. The van der Waals surface area contributed by atoms with Gasteiger partial charge in [0.1, 0.15) is 5.75 Å². The molecule has 2 aromatic rings. The largest absolute Gasteiger partial charge is 0.484 e. The second kappa shape index (κ2) is 9.01. The number of halogens is 1. The second-order valence-corrected chi connectivity index (χ2v) is 5.82. The minimum atomic E-state index is -0.422. The molecule has 2 N–H and O–H groups in total. The molecule has 0 aliphatic heterocycles. The van der Waals surface area contributed by atoms with E-state index in [0.717, 1.165) is 0 Å². The zero-order valence-electron chi connectivity index (χ0n) is 14.5. The fourth-order valence-electron chi connectivity index (χ4n) is 2.18. The molecule has 0 heterocycles. The van der Waals surface area contributed by atoms with E-state index in [2.05, 4.69) is 10.6 Å². The number of carbonyl (C=O) groups excluding carboxylic acids is 3. The molecule has 0 aromatic heterocycles. The van der Waals surface area contributed by atoms with Gasteiger partial charge in [-0.25, -0.2) is 0 Å². The highest BCUT2D eigenvalue weighted by atomic mass is 35.5. The normalized spacial score (nSPS) is 10.1. The molecule has 0 radical (unpaired) electrons. The third-order valence-electron chi connectivity index (χ3n) is 3.60. The molecule has 7 heteroatoms. The van der Waals surface area contributed by atoms with E-state index in [-0.39, 0.29) is 18.3 Å². The molecule has 2 rings (SSSR count). The van der Waals surface area contributed by atoms with Crippen LogP contribution in [0.4, 0.5) is 5.69 Å². The highest BCUT2D eigenvalue weighted by molar-refractivity contribution is 6.33. The van der Waals surface area contributed by atoms with Crippen molar-refractivity contribution in [2.75, 3.05) is 19.0 Å². The van der Waals surface area contributed by atoms with Crippen molar-refractivity contribution in [3.05, 3.63) is 58.6 Å². The third kappa shape index (κ3) is 5.07. The minimum absolute atomic E-state index is 0.0416. The Morgan fingerprint density at radius 3 is 2.31 bits per heavy atom. The molecular weight excluding hydrogens is 356 g/mol. The number of nitrogens with one attached hydrogen (secondary N) is 2. The van der Waals surface area contributed by atoms with Crippen molar-refractivity contribution >= 4 is 34.9 Å². The van der Waals surface area contributed by atoms with Crippen molar-refractivity contribution in [2.45, 2.75) is 13.3 Å². The Bertz CT molecular complexity index is 819. The molecule has 0 aliphatic carbocycles. The summed E-state index contributed by atoms with van der Waals surface area (Å²) in [7, 11) is 1.52. The molecule has 0 fully saturated rings. The molecule has 0 spiro atoms. The monoisotopic (exact) mass is 374 g/mol. The van der Waals surface area contributed by atoms with Crippen LogP contribution in [0.25, 0.3) is 0 Å². The number of ether oxygens (including phenoxy) is 1. The summed E-state index contributed by atoms with van der Waals surface area (Å²) in [4.78, 5) is 35.3. The van der Waals surface area contributed by atoms with Gasteiger partial charge in [-0.1, -0.05) is 18.5 Å². The van der Waals surface area contributed by atoms with E-state index in [0.29, 0.717) is 34.0 Å². The quantitative estimate of drug-likeness (QED) is 0.728. The van der Waals surface area contributed by atoms with E-state index >= 15 is 0 Å². The van der Waals surface area contributed by atoms with Gasteiger partial charge in [0, 0.05) is 24.6 Å². The number of ketones is 1. The maximum absolute atomic E-state index is 12.1. The number of carbonyl (C=O) groups is 3. The lowest BCUT2D eigenvalue weighted by Crippen LogP contribution is -2.21. The summed E-state index contributed by atoms with van der Waals surface area (Å²) in [5, 5.41) is 5.42. The third-order valence-corrected chi connectivity index (χ3v) is 3.93. The highest BCUT2D eigenvalue weighted by Gasteiger charge is 2.11. The van der Waals surface area contributed by atoms with Crippen LogP contribution in [0.2, 0.25) is 5.02 Å². The van der Waals surface area contributed by atoms with Crippen molar-refractivity contribution < 1.29 is 19.1 Å². The number of rotatable bonds is 7. The topological polar surface area (TPSA) is 84.5 Å². The van der Waals surface area contributed by atoms with Crippen LogP contribution in [-0.2, 0) is 4.79 Å². The Balaban J connectivity index is 1.97. The average molecular weight is 375 g/mol. The standard InChI is InChI=1S/C19H19ClN2O4/c1-3-17(23)12-4-7-14(8-5-12)26-11-18(24)22-16-10-13(19(25)21-2)6-9-15(16)20/h4-10H,3,11H2,1-2H3,(H,21,25)(H,22,24). The Morgan fingerprint density at radius 1 is 1.04 bits per heavy atom. The lowest BCUT2D eigenvalue weighted by Gasteiger charge is -2.10. The number of amides is 2. The number of Topliss-reactive ketones (excluding diaryl/α,β-unsaturated/α-hetero) is 1. The fraction of sp³-hybridized carbons (Fsp3) is 0.211. The van der Waals surface area contributed by atoms with Crippen LogP contribution in [0.1, 0.15) is 34.1 Å². The van der Waals surface area contributed by atoms with Gasteiger partial charge in [0.05, 0.1) is 10.7 Å². The molecule has 2 aromatic carbocycles. The van der Waals surface area contributed by atoms with Gasteiger partial charge in [-0.05, 0) is 42.5 Å². The van der Waals surface area contributed by atoms with E-state index in [1.54, 1.807) is 37.3 Å². The maximum atomic E-state index is 12.1. The first-order valence-corrected chi connectivity index (χ1v) is 8.40. The van der Waals surface area contributed by atoms with E-state index in [4.69, 9.17) is 16.3 Å². The van der Waals surface area contributed by atoms with Crippen molar-refractivity contribution in [1.29, 1.82) is 0 Å². The average Bonchev–Trinajstić information content (AvgIpc) is 2.67. The van der Waals surface area contributed by atoms with E-state index in [1.165, 1.54) is 19.2 Å². The van der Waals surface area contributed by atoms with Crippen LogP contribution in [0.5, 0.6) is 5.75 Å². The van der Waals surface area contributed by atoms with Crippen molar-refractivity contribution in [3.8, 4) is 5.75 Å². The van der Waals surface area contributed by atoms with Gasteiger partial charge < -0.3 is 15.4 Å². The van der Waals surface area contributed by atoms with Crippen LogP contribution in [-0.4, -0.2) is 31.3 Å². The van der Waals surface area contributed by atoms with Crippen LogP contribution in [0.3, 0.4) is 0 Å². The number of hydrogen-bond acceptors (Lipinski definition) is 4. The Morgan fingerprint density at radius 2 is 1.69 bits per heavy atom.